The monoisotopic (exact) mass is 467 g/mol. The van der Waals surface area contributed by atoms with E-state index in [0.29, 0.717) is 5.75 Å². The fourth-order valence-corrected chi connectivity index (χ4v) is 4.21. The third kappa shape index (κ3) is 4.20. The van der Waals surface area contributed by atoms with Crippen molar-refractivity contribution in [1.82, 2.24) is 9.78 Å². The number of carbonyl (C=O) groups is 2. The highest BCUT2D eigenvalue weighted by molar-refractivity contribution is 7.16. The van der Waals surface area contributed by atoms with Crippen molar-refractivity contribution >= 4 is 39.0 Å². The van der Waals surface area contributed by atoms with Crippen LogP contribution in [-0.4, -0.2) is 35.4 Å². The van der Waals surface area contributed by atoms with Crippen molar-refractivity contribution in [2.75, 3.05) is 19.0 Å². The molecule has 0 saturated carbocycles. The van der Waals surface area contributed by atoms with E-state index in [1.54, 1.807) is 36.6 Å². The second-order valence-electron chi connectivity index (χ2n) is 6.77. The molecule has 2 heterocycles. The van der Waals surface area contributed by atoms with Gasteiger partial charge in [0.25, 0.3) is 11.5 Å². The van der Waals surface area contributed by atoms with Crippen LogP contribution in [0.15, 0.2) is 58.7 Å². The number of ether oxygens (including phenoxy) is 2. The second-order valence-corrected chi connectivity index (χ2v) is 7.65. The number of carbonyl (C=O) groups excluding carboxylic acids is 2. The van der Waals surface area contributed by atoms with Gasteiger partial charge in [0, 0.05) is 10.8 Å². The molecule has 0 aliphatic carbocycles. The number of rotatable bonds is 6. The van der Waals surface area contributed by atoms with Crippen LogP contribution in [0.25, 0.3) is 16.5 Å². The Labute approximate surface area is 191 Å². The molecule has 4 aromatic rings. The SMILES string of the molecule is CCOC(=O)c1nn(-c2cccc(F)c2)c(=O)c2c(NC(=O)c3ccccc3OC)scc12. The number of benzene rings is 2. The molecule has 168 valence electrons. The van der Waals surface area contributed by atoms with Crippen molar-refractivity contribution < 1.29 is 23.5 Å². The summed E-state index contributed by atoms with van der Waals surface area (Å²) in [6, 6.07) is 11.9. The summed E-state index contributed by atoms with van der Waals surface area (Å²) in [6.45, 7) is 1.74. The van der Waals surface area contributed by atoms with E-state index in [-0.39, 0.29) is 39.3 Å². The van der Waals surface area contributed by atoms with Crippen LogP contribution in [0, 0.1) is 5.82 Å². The van der Waals surface area contributed by atoms with Crippen molar-refractivity contribution in [3.05, 3.63) is 81.3 Å². The Morgan fingerprint density at radius 3 is 2.70 bits per heavy atom. The molecule has 1 N–H and O–H groups in total. The van der Waals surface area contributed by atoms with Crippen LogP contribution in [0.5, 0.6) is 5.75 Å². The first-order valence-corrected chi connectivity index (χ1v) is 10.7. The lowest BCUT2D eigenvalue weighted by molar-refractivity contribution is 0.0520. The number of aromatic nitrogens is 2. The predicted molar refractivity (Wildman–Crippen MR) is 122 cm³/mol. The Bertz CT molecular complexity index is 1430. The van der Waals surface area contributed by atoms with Crippen LogP contribution in [-0.2, 0) is 4.74 Å². The number of fused-ring (bicyclic) bond motifs is 1. The number of para-hydroxylation sites is 1. The molecule has 0 radical (unpaired) electrons. The van der Waals surface area contributed by atoms with E-state index < -0.39 is 23.3 Å². The number of nitrogens with one attached hydrogen (secondary N) is 1. The lowest BCUT2D eigenvalue weighted by Gasteiger charge is -2.11. The number of hydrogen-bond donors (Lipinski definition) is 1. The molecule has 0 unspecified atom stereocenters. The standard InChI is InChI=1S/C23H18FN3O5S/c1-3-32-23(30)19-16-12-33-21(25-20(28)15-9-4-5-10-17(15)31-2)18(16)22(29)27(26-19)14-8-6-7-13(24)11-14/h4-12H,3H2,1-2H3,(H,25,28). The molecule has 0 bridgehead atoms. The molecule has 0 atom stereocenters. The maximum Gasteiger partial charge on any atom is 0.359 e. The summed E-state index contributed by atoms with van der Waals surface area (Å²) in [5.74, 6) is -1.45. The first-order valence-electron chi connectivity index (χ1n) is 9.86. The maximum atomic E-state index is 13.8. The lowest BCUT2D eigenvalue weighted by Crippen LogP contribution is -2.25. The predicted octanol–water partition coefficient (Wildman–Crippen LogP) is 4.02. The molecule has 8 nitrogen and oxygen atoms in total. The minimum Gasteiger partial charge on any atom is -0.496 e. The highest BCUT2D eigenvalue weighted by Gasteiger charge is 2.24. The molecule has 10 heteroatoms. The number of hydrogen-bond acceptors (Lipinski definition) is 7. The van der Waals surface area contributed by atoms with E-state index in [1.807, 2.05) is 0 Å². The first kappa shape index (κ1) is 22.2. The average Bonchev–Trinajstić information content (AvgIpc) is 3.23. The summed E-state index contributed by atoms with van der Waals surface area (Å²) in [6.07, 6.45) is 0. The van der Waals surface area contributed by atoms with Crippen molar-refractivity contribution in [2.24, 2.45) is 0 Å². The fourth-order valence-electron chi connectivity index (χ4n) is 3.28. The number of thiophene rings is 1. The number of amides is 1. The molecule has 33 heavy (non-hydrogen) atoms. The summed E-state index contributed by atoms with van der Waals surface area (Å²) >= 11 is 1.06. The molecule has 4 rings (SSSR count). The van der Waals surface area contributed by atoms with E-state index >= 15 is 0 Å². The van der Waals surface area contributed by atoms with Gasteiger partial charge < -0.3 is 14.8 Å². The van der Waals surface area contributed by atoms with E-state index in [0.717, 1.165) is 22.1 Å². The summed E-state index contributed by atoms with van der Waals surface area (Å²) in [5.41, 5.74) is -0.350. The average molecular weight is 467 g/mol. The Morgan fingerprint density at radius 1 is 1.18 bits per heavy atom. The zero-order valence-electron chi connectivity index (χ0n) is 17.6. The molecule has 0 spiro atoms. The van der Waals surface area contributed by atoms with Gasteiger partial charge in [-0.1, -0.05) is 18.2 Å². The smallest absolute Gasteiger partial charge is 0.359 e. The summed E-state index contributed by atoms with van der Waals surface area (Å²) in [4.78, 5) is 38.9. The zero-order chi connectivity index (χ0) is 23.5. The normalized spacial score (nSPS) is 10.8. The molecule has 0 saturated heterocycles. The van der Waals surface area contributed by atoms with Gasteiger partial charge in [0.15, 0.2) is 5.69 Å². The third-order valence-electron chi connectivity index (χ3n) is 4.75. The van der Waals surface area contributed by atoms with Crippen LogP contribution in [0.4, 0.5) is 9.39 Å². The first-order chi connectivity index (χ1) is 15.9. The highest BCUT2D eigenvalue weighted by atomic mass is 32.1. The largest absolute Gasteiger partial charge is 0.496 e. The fraction of sp³-hybridized carbons (Fsp3) is 0.130. The Balaban J connectivity index is 1.89. The van der Waals surface area contributed by atoms with E-state index in [2.05, 4.69) is 10.4 Å². The van der Waals surface area contributed by atoms with Crippen LogP contribution in [0.1, 0.15) is 27.8 Å². The summed E-state index contributed by atoms with van der Waals surface area (Å²) in [7, 11) is 1.45. The van der Waals surface area contributed by atoms with Gasteiger partial charge in [-0.05, 0) is 37.3 Å². The van der Waals surface area contributed by atoms with Crippen molar-refractivity contribution in [3.8, 4) is 11.4 Å². The zero-order valence-corrected chi connectivity index (χ0v) is 18.4. The molecule has 0 aliphatic heterocycles. The topological polar surface area (TPSA) is 99.5 Å². The van der Waals surface area contributed by atoms with Gasteiger partial charge in [0.1, 0.15) is 16.6 Å². The number of methoxy groups -OCH3 is 1. The van der Waals surface area contributed by atoms with Gasteiger partial charge in [-0.3, -0.25) is 9.59 Å². The van der Waals surface area contributed by atoms with Gasteiger partial charge in [-0.2, -0.15) is 9.78 Å². The number of esters is 1. The number of halogens is 1. The molecular weight excluding hydrogens is 449 g/mol. The van der Waals surface area contributed by atoms with Gasteiger partial charge in [0.05, 0.1) is 30.4 Å². The third-order valence-corrected chi connectivity index (χ3v) is 5.65. The molecule has 2 aromatic carbocycles. The molecule has 1 amide bonds. The minimum atomic E-state index is -0.743. The quantitative estimate of drug-likeness (QED) is 0.430. The highest BCUT2D eigenvalue weighted by Crippen LogP contribution is 2.31. The summed E-state index contributed by atoms with van der Waals surface area (Å²) < 4.78 is 25.1. The number of anilines is 1. The Kier molecular flexibility index (Phi) is 6.18. The van der Waals surface area contributed by atoms with Crippen molar-refractivity contribution in [2.45, 2.75) is 6.92 Å². The Hall–Kier alpha value is -4.05. The lowest BCUT2D eigenvalue weighted by atomic mass is 10.2. The van der Waals surface area contributed by atoms with E-state index in [4.69, 9.17) is 9.47 Å². The van der Waals surface area contributed by atoms with Crippen LogP contribution in [0.3, 0.4) is 0 Å². The van der Waals surface area contributed by atoms with Gasteiger partial charge in [-0.25, -0.2) is 9.18 Å². The van der Waals surface area contributed by atoms with Crippen molar-refractivity contribution in [1.29, 1.82) is 0 Å². The maximum absolute atomic E-state index is 13.8. The van der Waals surface area contributed by atoms with Crippen molar-refractivity contribution in [3.63, 3.8) is 0 Å². The minimum absolute atomic E-state index is 0.0607. The van der Waals surface area contributed by atoms with Crippen LogP contribution < -0.4 is 15.6 Å². The molecule has 2 aromatic heterocycles. The molecular formula is C23H18FN3O5S. The van der Waals surface area contributed by atoms with Gasteiger partial charge >= 0.3 is 5.97 Å². The molecule has 0 aliphatic rings. The second kappa shape index (κ2) is 9.21. The molecule has 0 fully saturated rings. The number of nitrogens with zero attached hydrogens (tertiary/aromatic N) is 2. The van der Waals surface area contributed by atoms with Crippen LogP contribution in [0.2, 0.25) is 0 Å². The Morgan fingerprint density at radius 2 is 1.97 bits per heavy atom. The van der Waals surface area contributed by atoms with E-state index in [1.165, 1.54) is 25.3 Å². The van der Waals surface area contributed by atoms with Crippen LogP contribution >= 0.6 is 11.3 Å². The summed E-state index contributed by atoms with van der Waals surface area (Å²) in [5, 5.41) is 8.91. The van der Waals surface area contributed by atoms with Gasteiger partial charge in [0.2, 0.25) is 0 Å². The van der Waals surface area contributed by atoms with E-state index in [9.17, 15) is 18.8 Å². The van der Waals surface area contributed by atoms with Gasteiger partial charge in [-0.15, -0.1) is 11.3 Å².